The second kappa shape index (κ2) is 6.34. The normalized spacial score (nSPS) is 10.1. The molecule has 0 bridgehead atoms. The summed E-state index contributed by atoms with van der Waals surface area (Å²) in [6.45, 7) is 0. The van der Waals surface area contributed by atoms with Crippen molar-refractivity contribution in [3.8, 4) is 17.6 Å². The number of nitrogens with zero attached hydrogens (tertiary/aromatic N) is 1. The molecule has 0 amide bonds. The first kappa shape index (κ1) is 14.8. The van der Waals surface area contributed by atoms with Gasteiger partial charge in [-0.3, -0.25) is 9.17 Å². The number of nitrogens with one attached hydrogen (secondary N) is 2. The molecule has 0 aliphatic rings. The Morgan fingerprint density at radius 1 is 1.22 bits per heavy atom. The summed E-state index contributed by atoms with van der Waals surface area (Å²) in [5.41, 5.74) is -0.215. The number of aromatic amines is 1. The highest BCUT2D eigenvalue weighted by Crippen LogP contribution is 2.33. The first-order valence-electron chi connectivity index (χ1n) is 6.58. The lowest BCUT2D eigenvalue weighted by molar-refractivity contribution is 0.483. The van der Waals surface area contributed by atoms with Crippen LogP contribution in [-0.2, 0) is 0 Å². The minimum Gasteiger partial charge on any atom is -0.455 e. The lowest BCUT2D eigenvalue weighted by atomic mass is 10.2. The molecule has 1 aromatic heterocycles. The summed E-state index contributed by atoms with van der Waals surface area (Å²) in [5, 5.41) is 12.2. The molecule has 114 valence electrons. The van der Waals surface area contributed by atoms with Crippen LogP contribution in [0.1, 0.15) is 5.56 Å². The lowest BCUT2D eigenvalue weighted by Gasteiger charge is -2.12. The minimum absolute atomic E-state index is 0.0510. The van der Waals surface area contributed by atoms with Crippen LogP contribution < -0.4 is 15.6 Å². The SMILES string of the molecule is N#Cc1c(Nc2cc(F)ccc2Oc2ccccc2)s[nH]c1=O. The molecular weight excluding hydrogens is 317 g/mol. The molecule has 3 aromatic rings. The molecule has 0 saturated carbocycles. The quantitative estimate of drug-likeness (QED) is 0.759. The van der Waals surface area contributed by atoms with Gasteiger partial charge in [0.05, 0.1) is 5.69 Å². The van der Waals surface area contributed by atoms with Crippen LogP contribution in [0, 0.1) is 17.1 Å². The molecule has 1 heterocycles. The second-order valence-corrected chi connectivity index (χ2v) is 5.35. The van der Waals surface area contributed by atoms with Crippen molar-refractivity contribution >= 4 is 22.2 Å². The third kappa shape index (κ3) is 3.22. The number of anilines is 2. The Morgan fingerprint density at radius 3 is 2.74 bits per heavy atom. The lowest BCUT2D eigenvalue weighted by Crippen LogP contribution is -2.03. The van der Waals surface area contributed by atoms with Gasteiger partial charge >= 0.3 is 0 Å². The Hall–Kier alpha value is -3.11. The number of hydrogen-bond acceptors (Lipinski definition) is 5. The van der Waals surface area contributed by atoms with E-state index in [4.69, 9.17) is 10.00 Å². The number of benzene rings is 2. The minimum atomic E-state index is -0.484. The van der Waals surface area contributed by atoms with Crippen LogP contribution in [0.3, 0.4) is 0 Å². The molecule has 7 heteroatoms. The van der Waals surface area contributed by atoms with E-state index in [1.165, 1.54) is 18.2 Å². The average Bonchev–Trinajstić information content (AvgIpc) is 2.91. The molecule has 2 N–H and O–H groups in total. The van der Waals surface area contributed by atoms with E-state index in [9.17, 15) is 9.18 Å². The number of rotatable bonds is 4. The van der Waals surface area contributed by atoms with E-state index < -0.39 is 11.4 Å². The Labute approximate surface area is 134 Å². The largest absolute Gasteiger partial charge is 0.455 e. The van der Waals surface area contributed by atoms with Crippen molar-refractivity contribution in [3.05, 3.63) is 70.3 Å². The fourth-order valence-corrected chi connectivity index (χ4v) is 2.62. The van der Waals surface area contributed by atoms with E-state index in [-0.39, 0.29) is 5.56 Å². The van der Waals surface area contributed by atoms with Gasteiger partial charge in [0.15, 0.2) is 11.3 Å². The van der Waals surface area contributed by atoms with Crippen LogP contribution in [0.4, 0.5) is 15.1 Å². The van der Waals surface area contributed by atoms with E-state index in [2.05, 4.69) is 9.69 Å². The second-order valence-electron chi connectivity index (χ2n) is 4.53. The number of halogens is 1. The van der Waals surface area contributed by atoms with Crippen LogP contribution in [0.2, 0.25) is 0 Å². The number of hydrogen-bond donors (Lipinski definition) is 2. The topological polar surface area (TPSA) is 77.9 Å². The van der Waals surface area contributed by atoms with Crippen molar-refractivity contribution in [1.82, 2.24) is 4.37 Å². The number of aromatic nitrogens is 1. The highest BCUT2D eigenvalue weighted by Gasteiger charge is 2.13. The average molecular weight is 327 g/mol. The van der Waals surface area contributed by atoms with Gasteiger partial charge in [-0.15, -0.1) is 0 Å². The maximum absolute atomic E-state index is 13.5. The van der Waals surface area contributed by atoms with Crippen LogP contribution in [0.15, 0.2) is 53.3 Å². The van der Waals surface area contributed by atoms with Gasteiger partial charge in [0, 0.05) is 6.07 Å². The van der Waals surface area contributed by atoms with E-state index >= 15 is 0 Å². The summed E-state index contributed by atoms with van der Waals surface area (Å²) in [5.74, 6) is 0.501. The van der Waals surface area contributed by atoms with E-state index in [0.717, 1.165) is 11.5 Å². The Balaban J connectivity index is 1.96. The summed E-state index contributed by atoms with van der Waals surface area (Å²) in [6.07, 6.45) is 0. The third-order valence-electron chi connectivity index (χ3n) is 2.97. The van der Waals surface area contributed by atoms with Gasteiger partial charge in [-0.2, -0.15) is 5.26 Å². The molecule has 0 saturated heterocycles. The highest BCUT2D eigenvalue weighted by atomic mass is 32.1. The Kier molecular flexibility index (Phi) is 4.08. The van der Waals surface area contributed by atoms with Crippen molar-refractivity contribution < 1.29 is 9.13 Å². The molecule has 0 aliphatic carbocycles. The zero-order chi connectivity index (χ0) is 16.2. The van der Waals surface area contributed by atoms with Crippen molar-refractivity contribution in [2.75, 3.05) is 5.32 Å². The number of ether oxygens (including phenoxy) is 1. The third-order valence-corrected chi connectivity index (χ3v) is 3.77. The van der Waals surface area contributed by atoms with Crippen LogP contribution in [0.25, 0.3) is 0 Å². The molecule has 5 nitrogen and oxygen atoms in total. The summed E-state index contributed by atoms with van der Waals surface area (Å²) in [4.78, 5) is 11.5. The summed E-state index contributed by atoms with van der Waals surface area (Å²) >= 11 is 0.967. The highest BCUT2D eigenvalue weighted by molar-refractivity contribution is 7.10. The van der Waals surface area contributed by atoms with Crippen molar-refractivity contribution in [3.63, 3.8) is 0 Å². The fourth-order valence-electron chi connectivity index (χ4n) is 1.92. The molecule has 0 radical (unpaired) electrons. The smallest absolute Gasteiger partial charge is 0.278 e. The number of H-pyrrole nitrogens is 1. The first-order chi connectivity index (χ1) is 11.2. The van der Waals surface area contributed by atoms with Gasteiger partial charge in [-0.25, -0.2) is 4.39 Å². The van der Waals surface area contributed by atoms with Crippen LogP contribution >= 0.6 is 11.5 Å². The molecule has 0 spiro atoms. The molecule has 0 fully saturated rings. The first-order valence-corrected chi connectivity index (χ1v) is 7.40. The zero-order valence-electron chi connectivity index (χ0n) is 11.7. The molecule has 2 aromatic carbocycles. The molecule has 0 aliphatic heterocycles. The Morgan fingerprint density at radius 2 is 2.00 bits per heavy atom. The van der Waals surface area contributed by atoms with Gasteiger partial charge in [-0.05, 0) is 35.8 Å². The van der Waals surface area contributed by atoms with Gasteiger partial charge in [0.2, 0.25) is 0 Å². The monoisotopic (exact) mass is 327 g/mol. The van der Waals surface area contributed by atoms with Gasteiger partial charge in [-0.1, -0.05) is 18.2 Å². The summed E-state index contributed by atoms with van der Waals surface area (Å²) in [7, 11) is 0. The summed E-state index contributed by atoms with van der Waals surface area (Å²) < 4.78 is 21.7. The van der Waals surface area contributed by atoms with Crippen LogP contribution in [-0.4, -0.2) is 4.37 Å². The van der Waals surface area contributed by atoms with Crippen molar-refractivity contribution in [2.45, 2.75) is 0 Å². The van der Waals surface area contributed by atoms with Crippen molar-refractivity contribution in [1.29, 1.82) is 5.26 Å². The molecule has 0 unspecified atom stereocenters. The predicted octanol–water partition coefficient (Wildman–Crippen LogP) is 3.98. The molecule has 23 heavy (non-hydrogen) atoms. The summed E-state index contributed by atoms with van der Waals surface area (Å²) in [6, 6.07) is 14.8. The van der Waals surface area contributed by atoms with E-state index in [1.54, 1.807) is 12.1 Å². The van der Waals surface area contributed by atoms with Gasteiger partial charge in [0.1, 0.15) is 22.6 Å². The molecule has 0 atom stereocenters. The Bertz CT molecular complexity index is 928. The predicted molar refractivity (Wildman–Crippen MR) is 85.9 cm³/mol. The molecule has 3 rings (SSSR count). The van der Waals surface area contributed by atoms with E-state index in [1.807, 2.05) is 24.3 Å². The van der Waals surface area contributed by atoms with Crippen LogP contribution in [0.5, 0.6) is 11.5 Å². The fraction of sp³-hybridized carbons (Fsp3) is 0. The van der Waals surface area contributed by atoms with Gasteiger partial charge < -0.3 is 10.1 Å². The zero-order valence-corrected chi connectivity index (χ0v) is 12.5. The van der Waals surface area contributed by atoms with Gasteiger partial charge in [0.25, 0.3) is 5.56 Å². The number of para-hydroxylation sites is 1. The van der Waals surface area contributed by atoms with Crippen molar-refractivity contribution in [2.24, 2.45) is 0 Å². The maximum Gasteiger partial charge on any atom is 0.278 e. The molecular formula is C16H10FN3O2S. The van der Waals surface area contributed by atoms with E-state index in [0.29, 0.717) is 22.2 Å². The maximum atomic E-state index is 13.5. The number of nitriles is 1. The standard InChI is InChI=1S/C16H10FN3O2S/c17-10-6-7-14(22-11-4-2-1-3-5-11)13(8-10)19-16-12(9-18)15(21)20-23-16/h1-8,19H,(H,20,21).